The maximum atomic E-state index is 12.8. The van der Waals surface area contributed by atoms with Crippen LogP contribution in [-0.2, 0) is 18.8 Å². The van der Waals surface area contributed by atoms with Gasteiger partial charge in [0.2, 0.25) is 10.6 Å². The van der Waals surface area contributed by atoms with Gasteiger partial charge in [0.25, 0.3) is 6.47 Å². The van der Waals surface area contributed by atoms with Crippen molar-refractivity contribution in [1.82, 2.24) is 19.9 Å². The zero-order valence-electron chi connectivity index (χ0n) is 33.3. The van der Waals surface area contributed by atoms with Crippen LogP contribution < -0.4 is 130 Å². The first-order valence-electron chi connectivity index (χ1n) is 15.6. The van der Waals surface area contributed by atoms with Crippen molar-refractivity contribution >= 4 is 115 Å². The summed E-state index contributed by atoms with van der Waals surface area (Å²) in [4.78, 5) is 26.6. The molecular weight excluding hydrogens is 1030 g/mol. The topological polar surface area (TPSA) is 199 Å². The van der Waals surface area contributed by atoms with Crippen molar-refractivity contribution in [2.45, 2.75) is 0 Å². The monoisotopic (exact) mass is 1060 g/mol. The molecule has 3 N–H and O–H groups in total. The standard InChI is InChI=1S/C16H14BrClN3O2P.C12H14NO2P.C4HBrCl2N2.CH3F.CH2O3.2K.H/c1-24(2,22)14-8-10(13-4-3-7-23-13)5-6-12(14)20-15-11(17)9-19-16(18)21-15;1-16(2,14)12-8-9(5-6-10(12)13)11-4-3-7-15-11;5-2-1-8-4(7)9-3(2)6;1-2;2-1-4-3;;;/h3-9H,1-2H3,(H,19,20,21);3-8H,13H2,1-2H3;1H;1H3;1,3H;;;/q;;;;;2*+1;-1/p-1/i;;;1D;;;;. The number of halogens is 6. The first kappa shape index (κ1) is 54.7. The smallest absolute Gasteiger partial charge is 1.00 e. The summed E-state index contributed by atoms with van der Waals surface area (Å²) < 4.78 is 52.3. The first-order valence-corrected chi connectivity index (χ1v) is 22.9. The number of nitrogens with two attached hydrogens (primary N) is 1. The van der Waals surface area contributed by atoms with Gasteiger partial charge in [0.15, 0.2) is 0 Å². The fourth-order valence-corrected chi connectivity index (χ4v) is 7.40. The Hall–Kier alpha value is -0.317. The van der Waals surface area contributed by atoms with E-state index in [1.165, 1.54) is 6.20 Å². The number of nitrogens with one attached hydrogen (secondary N) is 1. The van der Waals surface area contributed by atoms with Gasteiger partial charge >= 0.3 is 103 Å². The molecule has 0 fully saturated rings. The molecular formula is C34H34Br2Cl3FK2N6O7P2. The number of nitrogens with zero attached hydrogens (tertiary/aromatic N) is 4. The molecule has 23 heteroatoms. The second-order valence-electron chi connectivity index (χ2n) is 11.1. The van der Waals surface area contributed by atoms with Gasteiger partial charge in [-0.2, -0.15) is 4.98 Å². The van der Waals surface area contributed by atoms with Gasteiger partial charge < -0.3 is 40.6 Å². The Morgan fingerprint density at radius 1 is 0.860 bits per heavy atom. The van der Waals surface area contributed by atoms with E-state index >= 15 is 0 Å². The zero-order chi connectivity index (χ0) is 42.1. The molecule has 4 heterocycles. The SMILES string of the molecule is CP(C)(=O)c1cc(-c2ccco2)ccc1N.CP(C)(=O)c1cc(-c2ccco2)ccc1Nc1nc(Cl)ncc1Br.Clc1ncc(Br)c(Cl)n1.O=CO[O-].[2H]CF.[H-].[K+].[K+]. The Balaban J connectivity index is 0. The minimum absolute atomic E-state index is 0. The summed E-state index contributed by atoms with van der Waals surface area (Å²) in [6, 6.07) is 18.5. The van der Waals surface area contributed by atoms with Crippen LogP contribution in [0, 0.1) is 0 Å². The Morgan fingerprint density at radius 2 is 1.32 bits per heavy atom. The Kier molecular flexibility index (Phi) is 27.2. The van der Waals surface area contributed by atoms with Gasteiger partial charge in [-0.05, 0) is 142 Å². The number of alkyl halides is 1. The molecule has 0 spiro atoms. The maximum Gasteiger partial charge on any atom is 1.00 e. The third kappa shape index (κ3) is 19.5. The van der Waals surface area contributed by atoms with Crippen molar-refractivity contribution < 1.29 is 143 Å². The van der Waals surface area contributed by atoms with Crippen molar-refractivity contribution in [3.8, 4) is 22.6 Å². The predicted octanol–water partition coefficient (Wildman–Crippen LogP) is 3.61. The van der Waals surface area contributed by atoms with Crippen molar-refractivity contribution in [1.29, 1.82) is 0 Å². The summed E-state index contributed by atoms with van der Waals surface area (Å²) in [6.45, 7) is 6.69. The number of furan rings is 2. The largest absolute Gasteiger partial charge is 1.00 e. The van der Waals surface area contributed by atoms with Crippen molar-refractivity contribution in [3.63, 3.8) is 0 Å². The Labute approximate surface area is 448 Å². The molecule has 0 saturated heterocycles. The van der Waals surface area contributed by atoms with Crippen molar-refractivity contribution in [3.05, 3.63) is 110 Å². The number of carbonyl (C=O) groups is 1. The van der Waals surface area contributed by atoms with Crippen LogP contribution in [0.15, 0.2) is 103 Å². The fraction of sp³-hybridized carbons (Fsp3) is 0.147. The van der Waals surface area contributed by atoms with Crippen molar-refractivity contribution in [2.75, 3.05) is 44.9 Å². The molecule has 6 rings (SSSR count). The van der Waals surface area contributed by atoms with E-state index < -0.39 is 21.4 Å². The molecule has 2 aromatic carbocycles. The van der Waals surface area contributed by atoms with E-state index in [1.807, 2.05) is 54.6 Å². The molecule has 4 aromatic heterocycles. The summed E-state index contributed by atoms with van der Waals surface area (Å²) in [5.74, 6) is 1.99. The number of hydrogen-bond donors (Lipinski definition) is 2. The number of carbonyl (C=O) groups excluding carboxylic acids is 1. The van der Waals surface area contributed by atoms with Crippen LogP contribution in [-0.4, -0.2) is 60.2 Å². The quantitative estimate of drug-likeness (QED) is 0.0344. The molecule has 0 aliphatic rings. The van der Waals surface area contributed by atoms with Crippen molar-refractivity contribution in [2.24, 2.45) is 0 Å². The molecule has 0 atom stereocenters. The minimum atomic E-state index is -2.54. The first-order chi connectivity index (χ1) is 26.4. The molecule has 0 bridgehead atoms. The number of anilines is 3. The van der Waals surface area contributed by atoms with E-state index in [1.54, 1.807) is 51.4 Å². The second-order valence-corrected chi connectivity index (χ2v) is 20.2. The van der Waals surface area contributed by atoms with Crippen LogP contribution in [0.4, 0.5) is 21.6 Å². The molecule has 0 radical (unpaired) electrons. The van der Waals surface area contributed by atoms with Gasteiger partial charge in [0, 0.05) is 39.8 Å². The average Bonchev–Trinajstić information content (AvgIpc) is 3.88. The molecule has 13 nitrogen and oxygen atoms in total. The van der Waals surface area contributed by atoms with E-state index in [0.29, 0.717) is 41.9 Å². The molecule has 296 valence electrons. The number of rotatable bonds is 7. The second kappa shape index (κ2) is 28.3. The number of hydrogen-bond acceptors (Lipinski definition) is 13. The van der Waals surface area contributed by atoms with Gasteiger partial charge in [-0.1, -0.05) is 11.6 Å². The summed E-state index contributed by atoms with van der Waals surface area (Å²) in [7, 11) is -5.90. The normalized spacial score (nSPS) is 10.3. The molecule has 0 unspecified atom stereocenters. The van der Waals surface area contributed by atoms with Gasteiger partial charge in [0.1, 0.15) is 36.8 Å². The maximum absolute atomic E-state index is 12.8. The minimum Gasteiger partial charge on any atom is -1.00 e. The van der Waals surface area contributed by atoms with E-state index in [4.69, 9.17) is 60.8 Å². The van der Waals surface area contributed by atoms with Gasteiger partial charge in [-0.3, -0.25) is 9.18 Å². The average molecular weight is 1060 g/mol. The number of benzene rings is 2. The van der Waals surface area contributed by atoms with E-state index in [-0.39, 0.29) is 121 Å². The zero-order valence-corrected chi connectivity index (χ0v) is 44.7. The van der Waals surface area contributed by atoms with Gasteiger partial charge in [0.05, 0.1) is 35.7 Å². The van der Waals surface area contributed by atoms with E-state index in [0.717, 1.165) is 22.6 Å². The Bertz CT molecular complexity index is 2270. The van der Waals surface area contributed by atoms with Crippen LogP contribution in [0.1, 0.15) is 2.80 Å². The molecule has 0 aliphatic carbocycles. The molecule has 6 aromatic rings. The van der Waals surface area contributed by atoms with Crippen LogP contribution >= 0.6 is 80.9 Å². The third-order valence-corrected chi connectivity index (χ3v) is 11.6. The molecule has 0 amide bonds. The molecule has 57 heavy (non-hydrogen) atoms. The van der Waals surface area contributed by atoms with E-state index in [2.05, 4.69) is 62.0 Å². The third-order valence-electron chi connectivity index (χ3n) is 6.48. The van der Waals surface area contributed by atoms with Crippen LogP contribution in [0.2, 0.25) is 15.7 Å². The summed E-state index contributed by atoms with van der Waals surface area (Å²) in [5.41, 5.74) is 8.87. The fourth-order valence-electron chi connectivity index (χ4n) is 4.17. The van der Waals surface area contributed by atoms with Crippen LogP contribution in [0.25, 0.3) is 22.6 Å². The Morgan fingerprint density at radius 3 is 1.74 bits per heavy atom. The molecule has 0 saturated carbocycles. The van der Waals surface area contributed by atoms with Gasteiger partial charge in [-0.25, -0.2) is 15.0 Å². The van der Waals surface area contributed by atoms with Crippen LogP contribution in [0.5, 0.6) is 0 Å². The van der Waals surface area contributed by atoms with Gasteiger partial charge in [-0.15, -0.1) is 0 Å². The predicted molar refractivity (Wildman–Crippen MR) is 224 cm³/mol. The molecule has 0 aliphatic heterocycles. The summed E-state index contributed by atoms with van der Waals surface area (Å²) in [5, 5.41) is 13.6. The number of aromatic nitrogens is 4. The van der Waals surface area contributed by atoms with E-state index in [9.17, 15) is 13.5 Å². The summed E-state index contributed by atoms with van der Waals surface area (Å²) >= 11 is 23.3. The number of nitrogen functional groups attached to an aromatic ring is 1. The van der Waals surface area contributed by atoms with Crippen LogP contribution in [0.3, 0.4) is 0 Å². The summed E-state index contributed by atoms with van der Waals surface area (Å²) in [6.07, 6.45) is 6.28.